The number of benzene rings is 1. The second-order valence-corrected chi connectivity index (χ2v) is 9.41. The topological polar surface area (TPSA) is 101 Å². The zero-order valence-electron chi connectivity index (χ0n) is 17.1. The van der Waals surface area contributed by atoms with Crippen LogP contribution in [0.25, 0.3) is 0 Å². The van der Waals surface area contributed by atoms with E-state index in [9.17, 15) is 26.4 Å². The molecule has 1 aliphatic rings. The third-order valence-corrected chi connectivity index (χ3v) is 7.12. The number of piperazine rings is 1. The number of carbonyl (C=O) groups excluding carboxylic acids is 1. The van der Waals surface area contributed by atoms with Crippen LogP contribution >= 0.6 is 12.2 Å². The van der Waals surface area contributed by atoms with E-state index in [1.54, 1.807) is 9.47 Å². The maximum Gasteiger partial charge on any atom is 0.573 e. The van der Waals surface area contributed by atoms with E-state index >= 15 is 0 Å². The molecule has 0 unspecified atom stereocenters. The first-order chi connectivity index (χ1) is 15.0. The highest BCUT2D eigenvalue weighted by molar-refractivity contribution is 7.89. The van der Waals surface area contributed by atoms with Gasteiger partial charge in [-0.25, -0.2) is 8.42 Å². The van der Waals surface area contributed by atoms with Crippen LogP contribution in [0.15, 0.2) is 29.2 Å². The number of nitrogens with zero attached hydrogens (tertiary/aromatic N) is 4. The van der Waals surface area contributed by atoms with E-state index < -0.39 is 22.1 Å². The zero-order chi connectivity index (χ0) is 23.5. The fourth-order valence-electron chi connectivity index (χ4n) is 3.30. The molecule has 3 rings (SSSR count). The predicted molar refractivity (Wildman–Crippen MR) is 110 cm³/mol. The first kappa shape index (κ1) is 24.2. The number of aryl methyl sites for hydroxylation is 1. The molecule has 14 heteroatoms. The van der Waals surface area contributed by atoms with Crippen LogP contribution in [0.5, 0.6) is 5.75 Å². The van der Waals surface area contributed by atoms with Crippen molar-refractivity contribution in [3.05, 3.63) is 34.9 Å². The molecule has 2 heterocycles. The molecule has 0 aliphatic carbocycles. The van der Waals surface area contributed by atoms with Gasteiger partial charge in [-0.2, -0.15) is 9.40 Å². The number of ether oxygens (including phenoxy) is 1. The number of aromatic nitrogens is 3. The Kier molecular flexibility index (Phi) is 7.25. The summed E-state index contributed by atoms with van der Waals surface area (Å²) < 4.78 is 69.4. The summed E-state index contributed by atoms with van der Waals surface area (Å²) in [6.45, 7) is 2.49. The highest BCUT2D eigenvalue weighted by Gasteiger charge is 2.32. The minimum absolute atomic E-state index is 0.0120. The van der Waals surface area contributed by atoms with Crippen LogP contribution in [0, 0.1) is 4.77 Å². The van der Waals surface area contributed by atoms with Crippen molar-refractivity contribution in [2.45, 2.75) is 37.6 Å². The maximum atomic E-state index is 12.8. The van der Waals surface area contributed by atoms with Crippen LogP contribution in [0.3, 0.4) is 0 Å². The zero-order valence-corrected chi connectivity index (χ0v) is 18.8. The van der Waals surface area contributed by atoms with Gasteiger partial charge in [0.1, 0.15) is 18.1 Å². The Hall–Kier alpha value is -2.45. The Bertz CT molecular complexity index is 1100. The molecule has 0 bridgehead atoms. The highest BCUT2D eigenvalue weighted by atomic mass is 32.2. The van der Waals surface area contributed by atoms with E-state index in [1.165, 1.54) is 4.31 Å². The number of nitrogens with one attached hydrogen (secondary N) is 1. The maximum absolute atomic E-state index is 12.8. The second kappa shape index (κ2) is 9.58. The molecular weight excluding hydrogens is 471 g/mol. The summed E-state index contributed by atoms with van der Waals surface area (Å²) in [5, 5.41) is 6.80. The van der Waals surface area contributed by atoms with Crippen molar-refractivity contribution in [3.63, 3.8) is 0 Å². The normalized spacial score (nSPS) is 15.7. The number of rotatable bonds is 7. The van der Waals surface area contributed by atoms with E-state index in [4.69, 9.17) is 12.2 Å². The van der Waals surface area contributed by atoms with Gasteiger partial charge in [-0.1, -0.05) is 6.92 Å². The molecule has 1 aromatic carbocycles. The molecule has 1 fully saturated rings. The van der Waals surface area contributed by atoms with E-state index in [2.05, 4.69) is 14.9 Å². The van der Waals surface area contributed by atoms with E-state index in [0.29, 0.717) is 17.0 Å². The lowest BCUT2D eigenvalue weighted by Gasteiger charge is -2.34. The summed E-state index contributed by atoms with van der Waals surface area (Å²) in [6, 6.07) is 4.01. The number of alkyl halides is 3. The quantitative estimate of drug-likeness (QED) is 0.595. The Morgan fingerprint density at radius 3 is 2.38 bits per heavy atom. The van der Waals surface area contributed by atoms with Gasteiger partial charge >= 0.3 is 6.36 Å². The Balaban J connectivity index is 1.61. The molecule has 32 heavy (non-hydrogen) atoms. The monoisotopic (exact) mass is 493 g/mol. The predicted octanol–water partition coefficient (Wildman–Crippen LogP) is 2.32. The third kappa shape index (κ3) is 5.66. The molecule has 9 nitrogen and oxygen atoms in total. The van der Waals surface area contributed by atoms with Crippen LogP contribution in [0.4, 0.5) is 13.2 Å². The number of halogens is 3. The molecule has 176 valence electrons. The van der Waals surface area contributed by atoms with Crippen molar-refractivity contribution in [1.82, 2.24) is 24.0 Å². The van der Waals surface area contributed by atoms with Crippen LogP contribution in [-0.4, -0.2) is 70.8 Å². The molecule has 1 aromatic heterocycles. The average molecular weight is 494 g/mol. The van der Waals surface area contributed by atoms with Crippen LogP contribution < -0.4 is 4.74 Å². The Morgan fingerprint density at radius 1 is 1.19 bits per heavy atom. The molecule has 1 aliphatic heterocycles. The molecule has 1 saturated heterocycles. The molecule has 0 radical (unpaired) electrons. The van der Waals surface area contributed by atoms with Crippen molar-refractivity contribution >= 4 is 28.1 Å². The first-order valence-corrected chi connectivity index (χ1v) is 11.6. The minimum Gasteiger partial charge on any atom is -0.406 e. The minimum atomic E-state index is -4.86. The van der Waals surface area contributed by atoms with Crippen molar-refractivity contribution < 1.29 is 31.1 Å². The molecule has 0 spiro atoms. The third-order valence-electron chi connectivity index (χ3n) is 4.89. The van der Waals surface area contributed by atoms with Gasteiger partial charge in [0, 0.05) is 32.6 Å². The number of carbonyl (C=O) groups is 1. The number of hydrogen-bond donors (Lipinski definition) is 1. The molecule has 0 saturated carbocycles. The fourth-order valence-corrected chi connectivity index (χ4v) is 4.94. The Morgan fingerprint density at radius 2 is 1.81 bits per heavy atom. The van der Waals surface area contributed by atoms with E-state index in [-0.39, 0.29) is 43.5 Å². The van der Waals surface area contributed by atoms with E-state index in [1.807, 2.05) is 6.92 Å². The molecule has 2 aromatic rings. The lowest BCUT2D eigenvalue weighted by atomic mass is 10.3. The summed E-state index contributed by atoms with van der Waals surface area (Å²) in [5.41, 5.74) is 0. The highest BCUT2D eigenvalue weighted by Crippen LogP contribution is 2.25. The number of hydrogen-bond acceptors (Lipinski definition) is 6. The van der Waals surface area contributed by atoms with Crippen molar-refractivity contribution in [2.24, 2.45) is 0 Å². The lowest BCUT2D eigenvalue weighted by molar-refractivity contribution is -0.274. The van der Waals surface area contributed by atoms with Crippen LogP contribution in [0.2, 0.25) is 0 Å². The first-order valence-electron chi connectivity index (χ1n) is 9.79. The summed E-state index contributed by atoms with van der Waals surface area (Å²) in [6.07, 6.45) is -3.35. The lowest BCUT2D eigenvalue weighted by Crippen LogP contribution is -2.51. The van der Waals surface area contributed by atoms with Crippen molar-refractivity contribution in [3.8, 4) is 5.75 Å². The summed E-state index contributed by atoms with van der Waals surface area (Å²) in [7, 11) is -3.92. The number of sulfonamides is 1. The molecule has 1 N–H and O–H groups in total. The standard InChI is InChI=1S/C18H22F3N5O4S2/c1-2-3-15-22-23-17(31)26(15)12-16(27)24-8-10-25(11-9-24)32(28,29)14-6-4-13(5-7-14)30-18(19,20)21/h4-7H,2-3,8-12H2,1H3,(H,23,31). The van der Waals surface area contributed by atoms with Gasteiger partial charge in [0.2, 0.25) is 15.9 Å². The van der Waals surface area contributed by atoms with Gasteiger partial charge < -0.3 is 9.64 Å². The second-order valence-electron chi connectivity index (χ2n) is 7.09. The largest absolute Gasteiger partial charge is 0.573 e. The molecule has 1 amide bonds. The fraction of sp³-hybridized carbons (Fsp3) is 0.500. The Labute approximate surface area is 187 Å². The van der Waals surface area contributed by atoms with Gasteiger partial charge in [-0.15, -0.1) is 13.2 Å². The van der Waals surface area contributed by atoms with Crippen LogP contribution in [0.1, 0.15) is 19.2 Å². The average Bonchev–Trinajstić information content (AvgIpc) is 3.07. The van der Waals surface area contributed by atoms with Crippen molar-refractivity contribution in [1.29, 1.82) is 0 Å². The van der Waals surface area contributed by atoms with Gasteiger partial charge in [-0.3, -0.25) is 14.5 Å². The summed E-state index contributed by atoms with van der Waals surface area (Å²) >= 11 is 5.18. The van der Waals surface area contributed by atoms with Gasteiger partial charge in [0.15, 0.2) is 4.77 Å². The molecular formula is C18H22F3N5O4S2. The summed E-state index contributed by atoms with van der Waals surface area (Å²) in [4.78, 5) is 14.1. The van der Waals surface area contributed by atoms with Gasteiger partial charge in [0.25, 0.3) is 0 Å². The van der Waals surface area contributed by atoms with Gasteiger partial charge in [-0.05, 0) is 42.9 Å². The SMILES string of the molecule is CCCc1n[nH]c(=S)n1CC(=O)N1CCN(S(=O)(=O)c2ccc(OC(F)(F)F)cc2)CC1. The van der Waals surface area contributed by atoms with Crippen molar-refractivity contribution in [2.75, 3.05) is 26.2 Å². The van der Waals surface area contributed by atoms with Gasteiger partial charge in [0.05, 0.1) is 4.90 Å². The number of aromatic amines is 1. The van der Waals surface area contributed by atoms with E-state index in [0.717, 1.165) is 30.7 Å². The number of H-pyrrole nitrogens is 1. The summed E-state index contributed by atoms with van der Waals surface area (Å²) in [5.74, 6) is -0.0252. The van der Waals surface area contributed by atoms with Crippen LogP contribution in [-0.2, 0) is 27.8 Å². The molecule has 0 atom stereocenters. The smallest absolute Gasteiger partial charge is 0.406 e. The number of amides is 1.